The zero-order valence-electron chi connectivity index (χ0n) is 16.5. The van der Waals surface area contributed by atoms with Crippen LogP contribution >= 0.6 is 0 Å². The van der Waals surface area contributed by atoms with E-state index in [1.54, 1.807) is 0 Å². The lowest BCUT2D eigenvalue weighted by atomic mass is 9.75. The summed E-state index contributed by atoms with van der Waals surface area (Å²) in [5.41, 5.74) is -1.21. The average molecular weight is 424 g/mol. The molecule has 164 valence electrons. The Labute approximate surface area is 172 Å². The van der Waals surface area contributed by atoms with Gasteiger partial charge in [0.2, 0.25) is 17.5 Å². The highest BCUT2D eigenvalue weighted by molar-refractivity contribution is 5.98. The van der Waals surface area contributed by atoms with E-state index in [0.29, 0.717) is 25.8 Å². The van der Waals surface area contributed by atoms with E-state index in [0.717, 1.165) is 12.8 Å². The van der Waals surface area contributed by atoms with Gasteiger partial charge < -0.3 is 15.5 Å². The molecule has 4 rings (SSSR count). The lowest BCUT2D eigenvalue weighted by molar-refractivity contribution is -0.874. The molecule has 0 aromatic carbocycles. The van der Waals surface area contributed by atoms with Crippen molar-refractivity contribution in [1.29, 1.82) is 0 Å². The molecule has 7 atom stereocenters. The monoisotopic (exact) mass is 424 g/mol. The van der Waals surface area contributed by atoms with Crippen LogP contribution in [0.3, 0.4) is 0 Å². The zero-order valence-corrected chi connectivity index (χ0v) is 16.5. The molecule has 3 N–H and O–H groups in total. The van der Waals surface area contributed by atoms with E-state index >= 15 is 0 Å². The van der Waals surface area contributed by atoms with Gasteiger partial charge in [-0.2, -0.15) is 0 Å². The van der Waals surface area contributed by atoms with Crippen LogP contribution in [0.4, 0.5) is 0 Å². The smallest absolute Gasteiger partial charge is 0.378 e. The van der Waals surface area contributed by atoms with E-state index in [4.69, 9.17) is 0 Å². The van der Waals surface area contributed by atoms with E-state index in [1.165, 1.54) is 0 Å². The third-order valence-electron chi connectivity index (χ3n) is 7.95. The molecule has 30 heavy (non-hydrogen) atoms. The summed E-state index contributed by atoms with van der Waals surface area (Å²) < 4.78 is -0.162. The Morgan fingerprint density at radius 2 is 1.73 bits per heavy atom. The van der Waals surface area contributed by atoms with E-state index in [2.05, 4.69) is 5.32 Å². The molecule has 2 saturated heterocycles. The van der Waals surface area contributed by atoms with Gasteiger partial charge >= 0.3 is 17.8 Å². The molecule has 4 aliphatic rings. The van der Waals surface area contributed by atoms with Crippen LogP contribution in [-0.4, -0.2) is 67.7 Å². The van der Waals surface area contributed by atoms with E-state index in [1.807, 2.05) is 0 Å². The number of rotatable bonds is 5. The zero-order chi connectivity index (χ0) is 21.8. The van der Waals surface area contributed by atoms with E-state index < -0.39 is 58.3 Å². The summed E-state index contributed by atoms with van der Waals surface area (Å²) in [5.74, 6) is -5.47. The van der Waals surface area contributed by atoms with Gasteiger partial charge in [-0.1, -0.05) is 12.8 Å². The molecule has 2 saturated carbocycles. The van der Waals surface area contributed by atoms with Crippen molar-refractivity contribution < 1.29 is 38.8 Å². The average Bonchev–Trinajstić information content (AvgIpc) is 3.24. The number of fused-ring (bicyclic) bond motifs is 1. The number of carboxylic acids is 2. The van der Waals surface area contributed by atoms with Gasteiger partial charge in [0.1, 0.15) is 5.92 Å². The Morgan fingerprint density at radius 3 is 2.27 bits per heavy atom. The molecule has 4 fully saturated rings. The number of amides is 2. The number of nitrogens with one attached hydrogen (secondary N) is 1. The summed E-state index contributed by atoms with van der Waals surface area (Å²) >= 11 is 0. The van der Waals surface area contributed by atoms with Crippen molar-refractivity contribution in [2.24, 2.45) is 17.8 Å². The number of carboxylic acid groups (broad SMARTS) is 2. The van der Waals surface area contributed by atoms with Crippen LogP contribution < -0.4 is 5.32 Å². The number of aliphatic carboxylic acids is 2. The Morgan fingerprint density at radius 1 is 1.07 bits per heavy atom. The van der Waals surface area contributed by atoms with Crippen molar-refractivity contribution in [3.8, 4) is 0 Å². The fourth-order valence-corrected chi connectivity index (χ4v) is 6.27. The molecule has 2 aliphatic carbocycles. The SMILES string of the molecule is O=C(O)C1CCCCC1C(=O)NC1CC[N+]12C(=O)C21CCC([N+](=O)[O-])CC1C(=O)O. The lowest BCUT2D eigenvalue weighted by Gasteiger charge is -2.43. The third kappa shape index (κ3) is 2.67. The van der Waals surface area contributed by atoms with Crippen LogP contribution in [0.25, 0.3) is 0 Å². The van der Waals surface area contributed by atoms with Crippen molar-refractivity contribution >= 4 is 23.8 Å². The lowest BCUT2D eigenvalue weighted by Crippen LogP contribution is -2.66. The summed E-state index contributed by atoms with van der Waals surface area (Å²) in [5, 5.41) is 33.1. The molecule has 11 heteroatoms. The third-order valence-corrected chi connectivity index (χ3v) is 7.95. The minimum Gasteiger partial charge on any atom is -0.481 e. The highest BCUT2D eigenvalue weighted by atomic mass is 16.6. The Kier molecular flexibility index (Phi) is 4.83. The number of nitrogens with zero attached hydrogens (tertiary/aromatic N) is 2. The molecule has 2 heterocycles. The molecule has 7 unspecified atom stereocenters. The van der Waals surface area contributed by atoms with Crippen LogP contribution in [0.15, 0.2) is 0 Å². The summed E-state index contributed by atoms with van der Waals surface area (Å²) in [6, 6.07) is -0.988. The maximum absolute atomic E-state index is 13.0. The first-order chi connectivity index (χ1) is 14.2. The van der Waals surface area contributed by atoms with E-state index in [9.17, 15) is 39.5 Å². The number of carbonyl (C=O) groups is 4. The van der Waals surface area contributed by atoms with Crippen molar-refractivity contribution in [2.75, 3.05) is 6.54 Å². The predicted octanol–water partition coefficient (Wildman–Crippen LogP) is 0.349. The summed E-state index contributed by atoms with van der Waals surface area (Å²) in [7, 11) is 0. The number of hydrogen-bond acceptors (Lipinski definition) is 6. The quantitative estimate of drug-likeness (QED) is 0.246. The maximum Gasteiger partial charge on any atom is 0.378 e. The molecule has 11 nitrogen and oxygen atoms in total. The minimum atomic E-state index is -1.22. The number of nitro groups is 1. The molecule has 2 amide bonds. The van der Waals surface area contributed by atoms with Gasteiger partial charge in [0, 0.05) is 24.2 Å². The number of quaternary nitrogens is 1. The van der Waals surface area contributed by atoms with Crippen molar-refractivity contribution in [3.63, 3.8) is 0 Å². The maximum atomic E-state index is 13.0. The Hall–Kier alpha value is -2.56. The Bertz CT molecular complexity index is 831. The number of carbonyl (C=O) groups excluding carboxylic acids is 2. The van der Waals surface area contributed by atoms with Gasteiger partial charge in [-0.25, -0.2) is 9.28 Å². The van der Waals surface area contributed by atoms with Gasteiger partial charge in [-0.05, 0) is 12.8 Å². The largest absolute Gasteiger partial charge is 0.481 e. The normalized spacial score (nSPS) is 42.4. The molecule has 0 aromatic rings. The second kappa shape index (κ2) is 7.00. The fraction of sp³-hybridized carbons (Fsp3) is 0.789. The minimum absolute atomic E-state index is 0.113. The highest BCUT2D eigenvalue weighted by Gasteiger charge is 2.91. The van der Waals surface area contributed by atoms with Gasteiger partial charge in [-0.15, -0.1) is 0 Å². The molecule has 0 aromatic heterocycles. The molecule has 0 bridgehead atoms. The Balaban J connectivity index is 1.52. The van der Waals surface area contributed by atoms with Gasteiger partial charge in [-0.3, -0.25) is 24.5 Å². The molecule has 2 spiro atoms. The number of hydrogen-bond donors (Lipinski definition) is 3. The first-order valence-electron chi connectivity index (χ1n) is 10.5. The first-order valence-corrected chi connectivity index (χ1v) is 10.5. The van der Waals surface area contributed by atoms with Crippen LogP contribution in [0.1, 0.15) is 51.4 Å². The van der Waals surface area contributed by atoms with Gasteiger partial charge in [0.15, 0.2) is 6.17 Å². The predicted molar refractivity (Wildman–Crippen MR) is 98.3 cm³/mol. The molecule has 0 radical (unpaired) electrons. The second-order valence-electron chi connectivity index (χ2n) is 9.07. The van der Waals surface area contributed by atoms with E-state index in [-0.39, 0.29) is 29.7 Å². The summed E-state index contributed by atoms with van der Waals surface area (Å²) in [6.07, 6.45) is 2.38. The topological polar surface area (TPSA) is 164 Å². The highest BCUT2D eigenvalue weighted by Crippen LogP contribution is 2.62. The van der Waals surface area contributed by atoms with Crippen LogP contribution in [0.2, 0.25) is 0 Å². The summed E-state index contributed by atoms with van der Waals surface area (Å²) in [6.45, 7) is 0.393. The molecule has 2 aliphatic heterocycles. The van der Waals surface area contributed by atoms with Crippen molar-refractivity contribution in [1.82, 2.24) is 5.32 Å². The summed E-state index contributed by atoms with van der Waals surface area (Å²) in [4.78, 5) is 60.0. The fourth-order valence-electron chi connectivity index (χ4n) is 6.27. The van der Waals surface area contributed by atoms with Gasteiger partial charge in [0.25, 0.3) is 0 Å². The van der Waals surface area contributed by atoms with Crippen LogP contribution in [-0.2, 0) is 19.2 Å². The molecular weight excluding hydrogens is 398 g/mol. The molecular formula is C19H26N3O8+. The first kappa shape index (κ1) is 20.7. The van der Waals surface area contributed by atoms with Crippen molar-refractivity contribution in [3.05, 3.63) is 10.1 Å². The van der Waals surface area contributed by atoms with Crippen LogP contribution in [0.5, 0.6) is 0 Å². The standard InChI is InChI=1S/C19H25N3O8/c23-15(11-3-1-2-4-12(11)16(24)25)20-14-6-8-22(14)18(28)19(22)7-5-10(21(29)30)9-13(19)17(26)27/h10-14H,1-9H2,(H2-,20,23,24,25,26,27)/p+1. The second-order valence-corrected chi connectivity index (χ2v) is 9.07. The van der Waals surface area contributed by atoms with Crippen LogP contribution in [0, 0.1) is 27.9 Å². The van der Waals surface area contributed by atoms with Crippen molar-refractivity contribution in [2.45, 2.75) is 69.1 Å². The van der Waals surface area contributed by atoms with Gasteiger partial charge in [0.05, 0.1) is 24.8 Å².